The zero-order valence-electron chi connectivity index (χ0n) is 30.9. The minimum atomic E-state index is -0.381. The largest absolute Gasteiger partial charge is 0.456 e. The normalized spacial score (nSPS) is 14.1. The van der Waals surface area contributed by atoms with E-state index < -0.39 is 0 Å². The molecule has 0 spiro atoms. The van der Waals surface area contributed by atoms with Crippen LogP contribution in [-0.2, 0) is 0 Å². The van der Waals surface area contributed by atoms with Gasteiger partial charge in [0.2, 0.25) is 0 Å². The lowest BCUT2D eigenvalue weighted by atomic mass is 9.94. The summed E-state index contributed by atoms with van der Waals surface area (Å²) in [5.74, 6) is 1.42. The van der Waals surface area contributed by atoms with Crippen molar-refractivity contribution in [2.45, 2.75) is 6.17 Å². The molecule has 0 saturated heterocycles. The minimum Gasteiger partial charge on any atom is -0.456 e. The first-order valence-electron chi connectivity index (χ1n) is 19.3. The number of fused-ring (bicyclic) bond motifs is 6. The number of hydrogen-bond donors (Lipinski definition) is 1. The van der Waals surface area contributed by atoms with Crippen LogP contribution < -0.4 is 5.32 Å². The molecule has 0 fully saturated rings. The quantitative estimate of drug-likeness (QED) is 0.185. The molecule has 1 aliphatic heterocycles. The Bertz CT molecular complexity index is 3200. The molecule has 1 aliphatic rings. The van der Waals surface area contributed by atoms with Gasteiger partial charge >= 0.3 is 0 Å². The Morgan fingerprint density at radius 2 is 1.02 bits per heavy atom. The first-order valence-corrected chi connectivity index (χ1v) is 19.3. The number of nitrogens with one attached hydrogen (secondary N) is 1. The van der Waals surface area contributed by atoms with Gasteiger partial charge in [-0.25, -0.2) is 9.98 Å². The molecule has 4 nitrogen and oxygen atoms in total. The fourth-order valence-electron chi connectivity index (χ4n) is 8.23. The molecule has 1 N–H and O–H groups in total. The molecule has 0 radical (unpaired) electrons. The summed E-state index contributed by atoms with van der Waals surface area (Å²) in [5.41, 5.74) is 11.4. The Balaban J connectivity index is 1.10. The number of hydrogen-bond acceptors (Lipinski definition) is 4. The average Bonchev–Trinajstić information content (AvgIpc) is 3.68. The molecule has 57 heavy (non-hydrogen) atoms. The van der Waals surface area contributed by atoms with Gasteiger partial charge in [0.1, 0.15) is 23.2 Å². The SMILES string of the molecule is c1ccc(C2=NC(c3cc(-c4cccc(-c5ccccc5)c4)cc4oc5ccc6ccccc6c5c34)=NC(c3ccc(-c4ccc5ccccc5c4)cc3)N2)cc1. The highest BCUT2D eigenvalue weighted by atomic mass is 16.3. The highest BCUT2D eigenvalue weighted by molar-refractivity contribution is 6.27. The lowest BCUT2D eigenvalue weighted by molar-refractivity contribution is 0.668. The third-order valence-electron chi connectivity index (χ3n) is 11.1. The van der Waals surface area contributed by atoms with Gasteiger partial charge in [0.15, 0.2) is 5.84 Å². The van der Waals surface area contributed by atoms with E-state index in [1.165, 1.54) is 21.9 Å². The molecule has 0 amide bonds. The van der Waals surface area contributed by atoms with Crippen molar-refractivity contribution in [1.82, 2.24) is 5.32 Å². The van der Waals surface area contributed by atoms with Gasteiger partial charge in [-0.05, 0) is 90.8 Å². The van der Waals surface area contributed by atoms with Crippen LogP contribution in [0.15, 0.2) is 215 Å². The van der Waals surface area contributed by atoms with Crippen LogP contribution in [0.1, 0.15) is 22.9 Å². The van der Waals surface area contributed by atoms with E-state index in [4.69, 9.17) is 14.4 Å². The number of aliphatic imine (C=N–C) groups is 2. The Kier molecular flexibility index (Phi) is 7.85. The average molecular weight is 730 g/mol. The summed E-state index contributed by atoms with van der Waals surface area (Å²) in [6.45, 7) is 0. The van der Waals surface area contributed by atoms with Gasteiger partial charge in [0.25, 0.3) is 0 Å². The van der Waals surface area contributed by atoms with Crippen molar-refractivity contribution in [3.63, 3.8) is 0 Å². The van der Waals surface area contributed by atoms with Gasteiger partial charge in [-0.15, -0.1) is 0 Å². The molecule has 1 unspecified atom stereocenters. The van der Waals surface area contributed by atoms with E-state index in [2.05, 4.69) is 187 Å². The zero-order valence-corrected chi connectivity index (χ0v) is 30.9. The van der Waals surface area contributed by atoms with E-state index in [1.807, 2.05) is 18.2 Å². The second-order valence-corrected chi connectivity index (χ2v) is 14.6. The summed E-state index contributed by atoms with van der Waals surface area (Å²) in [7, 11) is 0. The first kappa shape index (κ1) is 32.8. The molecular formula is C53H35N3O. The summed E-state index contributed by atoms with van der Waals surface area (Å²) in [5, 5.41) is 10.5. The second kappa shape index (κ2) is 13.6. The Morgan fingerprint density at radius 3 is 1.82 bits per heavy atom. The lowest BCUT2D eigenvalue weighted by Gasteiger charge is -2.24. The Labute approximate surface area is 330 Å². The van der Waals surface area contributed by atoms with Crippen LogP contribution in [0.2, 0.25) is 0 Å². The maximum atomic E-state index is 6.75. The van der Waals surface area contributed by atoms with Crippen LogP contribution in [0.3, 0.4) is 0 Å². The summed E-state index contributed by atoms with van der Waals surface area (Å²) in [6.07, 6.45) is -0.381. The summed E-state index contributed by atoms with van der Waals surface area (Å²) < 4.78 is 6.75. The maximum Gasteiger partial charge on any atom is 0.160 e. The van der Waals surface area contributed by atoms with Gasteiger partial charge in [-0.2, -0.15) is 0 Å². The molecule has 1 atom stereocenters. The van der Waals surface area contributed by atoms with Crippen molar-refractivity contribution in [2.24, 2.45) is 9.98 Å². The molecular weight excluding hydrogens is 695 g/mol. The topological polar surface area (TPSA) is 49.9 Å². The predicted molar refractivity (Wildman–Crippen MR) is 237 cm³/mol. The van der Waals surface area contributed by atoms with Gasteiger partial charge in [-0.3, -0.25) is 0 Å². The van der Waals surface area contributed by atoms with Gasteiger partial charge in [-0.1, -0.05) is 170 Å². The second-order valence-electron chi connectivity index (χ2n) is 14.6. The van der Waals surface area contributed by atoms with E-state index in [0.29, 0.717) is 5.84 Å². The van der Waals surface area contributed by atoms with Crippen molar-refractivity contribution in [3.05, 3.63) is 217 Å². The van der Waals surface area contributed by atoms with E-state index in [9.17, 15) is 0 Å². The molecule has 268 valence electrons. The Hall–Kier alpha value is -7.56. The molecule has 2 heterocycles. The van der Waals surface area contributed by atoms with Crippen molar-refractivity contribution in [2.75, 3.05) is 0 Å². The number of furan rings is 1. The highest BCUT2D eigenvalue weighted by Crippen LogP contribution is 2.41. The van der Waals surface area contributed by atoms with Gasteiger partial charge in [0, 0.05) is 21.9 Å². The number of rotatable bonds is 6. The minimum absolute atomic E-state index is 0.381. The fourth-order valence-corrected chi connectivity index (χ4v) is 8.23. The zero-order chi connectivity index (χ0) is 37.7. The third-order valence-corrected chi connectivity index (χ3v) is 11.1. The fraction of sp³-hybridized carbons (Fsp3) is 0.0189. The third kappa shape index (κ3) is 5.96. The maximum absolute atomic E-state index is 6.75. The summed E-state index contributed by atoms with van der Waals surface area (Å²) in [4.78, 5) is 10.8. The van der Waals surface area contributed by atoms with Crippen LogP contribution in [0, 0.1) is 0 Å². The van der Waals surface area contributed by atoms with E-state index in [1.54, 1.807) is 0 Å². The van der Waals surface area contributed by atoms with Crippen molar-refractivity contribution in [1.29, 1.82) is 0 Å². The van der Waals surface area contributed by atoms with E-state index in [0.717, 1.165) is 77.5 Å². The number of amidine groups is 2. The van der Waals surface area contributed by atoms with Crippen LogP contribution >= 0.6 is 0 Å². The molecule has 11 rings (SSSR count). The highest BCUT2D eigenvalue weighted by Gasteiger charge is 2.25. The van der Waals surface area contributed by atoms with Crippen molar-refractivity contribution < 1.29 is 4.42 Å². The monoisotopic (exact) mass is 729 g/mol. The Morgan fingerprint density at radius 1 is 0.404 bits per heavy atom. The van der Waals surface area contributed by atoms with Crippen LogP contribution in [0.25, 0.3) is 76.9 Å². The number of benzene rings is 9. The summed E-state index contributed by atoms with van der Waals surface area (Å²) >= 11 is 0. The molecule has 9 aromatic carbocycles. The van der Waals surface area contributed by atoms with Crippen LogP contribution in [-0.4, -0.2) is 11.7 Å². The standard InChI is InChI=1S/C53H35N3O/c1-3-12-34(13-4-1)41-19-11-20-42(30-41)44-32-46(50-48(33-44)57-47-29-28-37-15-9-10-21-45(37)49(47)50)53-55-51(38-16-5-2-6-17-38)54-52(56-53)39-25-22-36(23-26-39)43-27-24-35-14-7-8-18-40(35)31-43/h1-33,52H,(H,54,55,56). The summed E-state index contributed by atoms with van der Waals surface area (Å²) in [6, 6.07) is 70.5. The first-order chi connectivity index (χ1) is 28.2. The lowest BCUT2D eigenvalue weighted by Crippen LogP contribution is -2.33. The molecule has 4 heteroatoms. The van der Waals surface area contributed by atoms with E-state index >= 15 is 0 Å². The molecule has 0 bridgehead atoms. The van der Waals surface area contributed by atoms with Crippen LogP contribution in [0.5, 0.6) is 0 Å². The van der Waals surface area contributed by atoms with Crippen LogP contribution in [0.4, 0.5) is 0 Å². The van der Waals surface area contributed by atoms with Gasteiger partial charge < -0.3 is 9.73 Å². The van der Waals surface area contributed by atoms with Crippen molar-refractivity contribution in [3.8, 4) is 33.4 Å². The van der Waals surface area contributed by atoms with Crippen molar-refractivity contribution >= 4 is 55.2 Å². The van der Waals surface area contributed by atoms with Gasteiger partial charge in [0.05, 0.1) is 0 Å². The molecule has 10 aromatic rings. The molecule has 0 aliphatic carbocycles. The number of nitrogens with zero attached hydrogens (tertiary/aromatic N) is 2. The smallest absolute Gasteiger partial charge is 0.160 e. The molecule has 1 aromatic heterocycles. The predicted octanol–water partition coefficient (Wildman–Crippen LogP) is 13.4. The van der Waals surface area contributed by atoms with E-state index in [-0.39, 0.29) is 6.17 Å². The molecule has 0 saturated carbocycles.